The van der Waals surface area contributed by atoms with Crippen LogP contribution in [0, 0.1) is 0 Å². The maximum atomic E-state index is 12.0. The van der Waals surface area contributed by atoms with E-state index >= 15 is 0 Å². The maximum Gasteiger partial charge on any atom is 0.274 e. The van der Waals surface area contributed by atoms with Crippen molar-refractivity contribution in [2.45, 2.75) is 6.92 Å². The van der Waals surface area contributed by atoms with Crippen molar-refractivity contribution in [2.75, 3.05) is 5.32 Å². The van der Waals surface area contributed by atoms with E-state index in [1.807, 2.05) is 30.3 Å². The van der Waals surface area contributed by atoms with Gasteiger partial charge in [-0.2, -0.15) is 9.50 Å². The van der Waals surface area contributed by atoms with Crippen LogP contribution < -0.4 is 10.9 Å². The van der Waals surface area contributed by atoms with E-state index in [-0.39, 0.29) is 23.2 Å². The summed E-state index contributed by atoms with van der Waals surface area (Å²) in [7, 11) is 0. The molecule has 0 saturated heterocycles. The highest BCUT2D eigenvalue weighted by Gasteiger charge is 2.09. The number of nitrogens with zero attached hydrogens (tertiary/aromatic N) is 3. The molecule has 20 heavy (non-hydrogen) atoms. The Balaban J connectivity index is 2.14. The van der Waals surface area contributed by atoms with Gasteiger partial charge in [-0.15, -0.1) is 0 Å². The first-order valence-electron chi connectivity index (χ1n) is 5.96. The number of H-pyrrole nitrogens is 1. The number of carbonyl (C=O) groups excluding carboxylic acids is 1. The fourth-order valence-electron chi connectivity index (χ4n) is 1.86. The molecule has 0 aliphatic heterocycles. The predicted molar refractivity (Wildman–Crippen MR) is 73.3 cm³/mol. The second kappa shape index (κ2) is 4.61. The number of carbonyl (C=O) groups is 1. The third kappa shape index (κ3) is 2.16. The van der Waals surface area contributed by atoms with Crippen LogP contribution >= 0.6 is 0 Å². The van der Waals surface area contributed by atoms with Crippen molar-refractivity contribution in [2.24, 2.45) is 0 Å². The molecule has 0 bridgehead atoms. The normalized spacial score (nSPS) is 10.7. The zero-order valence-corrected chi connectivity index (χ0v) is 10.6. The van der Waals surface area contributed by atoms with Gasteiger partial charge in [-0.1, -0.05) is 30.3 Å². The topological polar surface area (TPSA) is 92.2 Å². The smallest absolute Gasteiger partial charge is 0.274 e. The molecule has 2 N–H and O–H groups in total. The third-order valence-corrected chi connectivity index (χ3v) is 2.69. The first-order valence-corrected chi connectivity index (χ1v) is 5.96. The number of benzene rings is 1. The van der Waals surface area contributed by atoms with E-state index in [0.29, 0.717) is 5.69 Å². The van der Waals surface area contributed by atoms with Crippen LogP contribution in [-0.4, -0.2) is 25.5 Å². The number of aromatic amines is 1. The Morgan fingerprint density at radius 3 is 2.70 bits per heavy atom. The van der Waals surface area contributed by atoms with Crippen molar-refractivity contribution < 1.29 is 4.79 Å². The fourth-order valence-corrected chi connectivity index (χ4v) is 1.86. The number of nitrogens with one attached hydrogen (secondary N) is 2. The van der Waals surface area contributed by atoms with Crippen LogP contribution in [0.1, 0.15) is 6.92 Å². The SMILES string of the molecule is CC(=O)Nc1nc2nc(-c3ccccc3)cc(=O)n2[nH]1. The van der Waals surface area contributed by atoms with Gasteiger partial charge in [0.1, 0.15) is 0 Å². The van der Waals surface area contributed by atoms with Crippen LogP contribution in [-0.2, 0) is 4.79 Å². The first kappa shape index (κ1) is 12.1. The Morgan fingerprint density at radius 1 is 1.25 bits per heavy atom. The van der Waals surface area contributed by atoms with Crippen molar-refractivity contribution in [1.82, 2.24) is 19.6 Å². The minimum absolute atomic E-state index is 0.187. The monoisotopic (exact) mass is 269 g/mol. The predicted octanol–water partition coefficient (Wildman–Crippen LogP) is 1.04. The number of hydrogen-bond donors (Lipinski definition) is 2. The molecule has 0 atom stereocenters. The lowest BCUT2D eigenvalue weighted by atomic mass is 10.1. The number of hydrogen-bond acceptors (Lipinski definition) is 4. The number of rotatable bonds is 2. The lowest BCUT2D eigenvalue weighted by molar-refractivity contribution is -0.114. The highest BCUT2D eigenvalue weighted by atomic mass is 16.1. The number of fused-ring (bicyclic) bond motifs is 1. The molecule has 0 unspecified atom stereocenters. The molecule has 3 rings (SSSR count). The van der Waals surface area contributed by atoms with Crippen LogP contribution in [0.2, 0.25) is 0 Å². The van der Waals surface area contributed by atoms with Crippen molar-refractivity contribution in [1.29, 1.82) is 0 Å². The molecule has 0 fully saturated rings. The molecule has 7 heteroatoms. The minimum Gasteiger partial charge on any atom is -0.295 e. The number of aromatic nitrogens is 4. The minimum atomic E-state index is -0.294. The molecular formula is C13H11N5O2. The Labute approximate surface area is 113 Å². The summed E-state index contributed by atoms with van der Waals surface area (Å²) in [6.07, 6.45) is 0. The lowest BCUT2D eigenvalue weighted by Gasteiger charge is -1.99. The molecule has 3 aromatic rings. The summed E-state index contributed by atoms with van der Waals surface area (Å²) in [5, 5.41) is 5.15. The Kier molecular flexibility index (Phi) is 2.79. The Hall–Kier alpha value is -2.96. The van der Waals surface area contributed by atoms with E-state index in [1.54, 1.807) is 0 Å². The average molecular weight is 269 g/mol. The highest BCUT2D eigenvalue weighted by molar-refractivity contribution is 5.86. The van der Waals surface area contributed by atoms with E-state index in [4.69, 9.17) is 0 Å². The summed E-state index contributed by atoms with van der Waals surface area (Å²) in [5.41, 5.74) is 1.07. The molecular weight excluding hydrogens is 258 g/mol. The Morgan fingerprint density at radius 2 is 2.00 bits per heavy atom. The van der Waals surface area contributed by atoms with E-state index in [1.165, 1.54) is 17.5 Å². The van der Waals surface area contributed by atoms with Gasteiger partial charge < -0.3 is 0 Å². The third-order valence-electron chi connectivity index (χ3n) is 2.69. The van der Waals surface area contributed by atoms with Gasteiger partial charge in [0.2, 0.25) is 11.9 Å². The van der Waals surface area contributed by atoms with Crippen LogP contribution in [0.25, 0.3) is 17.0 Å². The summed E-state index contributed by atoms with van der Waals surface area (Å²) in [5.74, 6) is 0.118. The molecule has 0 aliphatic rings. The molecule has 2 aromatic heterocycles. The zero-order valence-electron chi connectivity index (χ0n) is 10.6. The average Bonchev–Trinajstić information content (AvgIpc) is 2.82. The molecule has 2 heterocycles. The van der Waals surface area contributed by atoms with Gasteiger partial charge in [-0.25, -0.2) is 4.98 Å². The maximum absolute atomic E-state index is 12.0. The quantitative estimate of drug-likeness (QED) is 0.727. The fraction of sp³-hybridized carbons (Fsp3) is 0.0769. The molecule has 0 spiro atoms. The summed E-state index contributed by atoms with van der Waals surface area (Å²) < 4.78 is 1.18. The van der Waals surface area contributed by atoms with Crippen LogP contribution in [0.3, 0.4) is 0 Å². The summed E-state index contributed by atoms with van der Waals surface area (Å²) in [4.78, 5) is 31.4. The van der Waals surface area contributed by atoms with Gasteiger partial charge in [0, 0.05) is 18.6 Å². The van der Waals surface area contributed by atoms with Crippen molar-refractivity contribution in [3.05, 3.63) is 46.8 Å². The first-order chi connectivity index (χ1) is 9.63. The molecule has 1 amide bonds. The van der Waals surface area contributed by atoms with E-state index in [9.17, 15) is 9.59 Å². The number of amides is 1. The van der Waals surface area contributed by atoms with Crippen molar-refractivity contribution in [3.63, 3.8) is 0 Å². The summed E-state index contributed by atoms with van der Waals surface area (Å²) in [6.45, 7) is 1.36. The molecule has 0 aliphatic carbocycles. The van der Waals surface area contributed by atoms with E-state index < -0.39 is 0 Å². The number of anilines is 1. The van der Waals surface area contributed by atoms with E-state index in [0.717, 1.165) is 5.56 Å². The van der Waals surface area contributed by atoms with Crippen molar-refractivity contribution in [3.8, 4) is 11.3 Å². The molecule has 0 saturated carbocycles. The molecule has 0 radical (unpaired) electrons. The molecule has 100 valence electrons. The zero-order chi connectivity index (χ0) is 14.1. The van der Waals surface area contributed by atoms with Crippen LogP contribution in [0.4, 0.5) is 5.95 Å². The van der Waals surface area contributed by atoms with Gasteiger partial charge in [0.15, 0.2) is 0 Å². The van der Waals surface area contributed by atoms with Gasteiger partial charge in [0.25, 0.3) is 11.3 Å². The lowest BCUT2D eigenvalue weighted by Crippen LogP contribution is -2.15. The summed E-state index contributed by atoms with van der Waals surface area (Å²) in [6, 6.07) is 10.8. The second-order valence-electron chi connectivity index (χ2n) is 4.23. The highest BCUT2D eigenvalue weighted by Crippen LogP contribution is 2.15. The second-order valence-corrected chi connectivity index (χ2v) is 4.23. The largest absolute Gasteiger partial charge is 0.295 e. The van der Waals surface area contributed by atoms with Gasteiger partial charge in [-0.3, -0.25) is 20.0 Å². The Bertz CT molecular complexity index is 835. The summed E-state index contributed by atoms with van der Waals surface area (Å²) >= 11 is 0. The van der Waals surface area contributed by atoms with Crippen LogP contribution in [0.5, 0.6) is 0 Å². The van der Waals surface area contributed by atoms with Crippen LogP contribution in [0.15, 0.2) is 41.2 Å². The van der Waals surface area contributed by atoms with Crippen molar-refractivity contribution >= 4 is 17.6 Å². The van der Waals surface area contributed by atoms with E-state index in [2.05, 4.69) is 20.4 Å². The van der Waals surface area contributed by atoms with Gasteiger partial charge in [0.05, 0.1) is 5.69 Å². The van der Waals surface area contributed by atoms with Gasteiger partial charge in [-0.05, 0) is 0 Å². The molecule has 7 nitrogen and oxygen atoms in total. The van der Waals surface area contributed by atoms with Gasteiger partial charge >= 0.3 is 0 Å². The molecule has 1 aromatic carbocycles. The standard InChI is InChI=1S/C13H11N5O2/c1-8(19)14-12-16-13-15-10(7-11(20)18(13)17-12)9-5-3-2-4-6-9/h2-7H,1H3,(H2,14,15,16,17,19).